The Hall–Kier alpha value is -2.07. The van der Waals surface area contributed by atoms with Gasteiger partial charge in [-0.3, -0.25) is 9.59 Å². The summed E-state index contributed by atoms with van der Waals surface area (Å²) >= 11 is 0. The van der Waals surface area contributed by atoms with E-state index in [-0.39, 0.29) is 19.3 Å². The Kier molecular flexibility index (Phi) is 6.36. The Morgan fingerprint density at radius 3 is 2.35 bits per heavy atom. The fourth-order valence-corrected chi connectivity index (χ4v) is 1.01. The summed E-state index contributed by atoms with van der Waals surface area (Å²) in [5, 5.41) is 19.2. The molecule has 0 spiro atoms. The van der Waals surface area contributed by atoms with Crippen LogP contribution in [0.3, 0.4) is 0 Å². The van der Waals surface area contributed by atoms with Crippen molar-refractivity contribution >= 4 is 17.8 Å². The zero-order chi connectivity index (χ0) is 13.4. The van der Waals surface area contributed by atoms with Gasteiger partial charge in [-0.2, -0.15) is 0 Å². The lowest BCUT2D eigenvalue weighted by atomic mass is 10.1. The van der Waals surface area contributed by atoms with Gasteiger partial charge in [-0.25, -0.2) is 4.79 Å². The number of nitrogens with one attached hydrogen (secondary N) is 1. The number of aliphatic carboxylic acids is 2. The van der Waals surface area contributed by atoms with Crippen molar-refractivity contribution in [2.24, 2.45) is 5.73 Å². The van der Waals surface area contributed by atoms with Crippen molar-refractivity contribution < 1.29 is 24.6 Å². The quantitative estimate of drug-likeness (QED) is 0.414. The molecular weight excluding hydrogens is 228 g/mol. The molecule has 5 N–H and O–H groups in total. The van der Waals surface area contributed by atoms with Crippen molar-refractivity contribution in [3.05, 3.63) is 0 Å². The molecule has 0 aliphatic rings. The summed E-state index contributed by atoms with van der Waals surface area (Å²) in [6.07, 6.45) is 4.46. The first-order valence-electron chi connectivity index (χ1n) is 4.82. The highest BCUT2D eigenvalue weighted by Crippen LogP contribution is 1.97. The minimum Gasteiger partial charge on any atom is -0.481 e. The second kappa shape index (κ2) is 7.24. The first-order valence-corrected chi connectivity index (χ1v) is 4.82. The van der Waals surface area contributed by atoms with Crippen molar-refractivity contribution in [2.45, 2.75) is 31.3 Å². The number of carbonyl (C=O) groups is 3. The van der Waals surface area contributed by atoms with E-state index in [4.69, 9.17) is 22.4 Å². The van der Waals surface area contributed by atoms with Gasteiger partial charge in [-0.1, -0.05) is 0 Å². The fourth-order valence-electron chi connectivity index (χ4n) is 1.01. The van der Waals surface area contributed by atoms with Crippen LogP contribution in [-0.4, -0.2) is 40.1 Å². The molecule has 7 nitrogen and oxygen atoms in total. The van der Waals surface area contributed by atoms with Gasteiger partial charge in [0.15, 0.2) is 0 Å². The van der Waals surface area contributed by atoms with Crippen LogP contribution >= 0.6 is 0 Å². The van der Waals surface area contributed by atoms with Crippen LogP contribution < -0.4 is 11.1 Å². The first kappa shape index (κ1) is 14.9. The van der Waals surface area contributed by atoms with Crippen LogP contribution in [0.5, 0.6) is 0 Å². The number of terminal acetylenes is 1. The van der Waals surface area contributed by atoms with Gasteiger partial charge in [-0.05, 0) is 6.42 Å². The third-order valence-corrected chi connectivity index (χ3v) is 1.94. The van der Waals surface area contributed by atoms with Gasteiger partial charge in [0.05, 0.1) is 6.04 Å². The predicted octanol–water partition coefficient (Wildman–Crippen LogP) is -1.23. The minimum absolute atomic E-state index is 0.0659. The van der Waals surface area contributed by atoms with Crippen molar-refractivity contribution in [1.29, 1.82) is 0 Å². The van der Waals surface area contributed by atoms with E-state index >= 15 is 0 Å². The summed E-state index contributed by atoms with van der Waals surface area (Å²) in [5.74, 6) is -0.954. The summed E-state index contributed by atoms with van der Waals surface area (Å²) in [6, 6.07) is -2.27. The number of nitrogens with two attached hydrogens (primary N) is 1. The summed E-state index contributed by atoms with van der Waals surface area (Å²) in [5.41, 5.74) is 5.39. The Morgan fingerprint density at radius 1 is 1.35 bits per heavy atom. The molecule has 0 fully saturated rings. The lowest BCUT2D eigenvalue weighted by Gasteiger charge is -2.15. The van der Waals surface area contributed by atoms with Crippen LogP contribution in [0.15, 0.2) is 0 Å². The maximum absolute atomic E-state index is 11.4. The van der Waals surface area contributed by atoms with E-state index in [1.165, 1.54) is 0 Å². The topological polar surface area (TPSA) is 130 Å². The van der Waals surface area contributed by atoms with Crippen LogP contribution in [0.25, 0.3) is 0 Å². The fraction of sp³-hybridized carbons (Fsp3) is 0.500. The highest BCUT2D eigenvalue weighted by atomic mass is 16.4. The van der Waals surface area contributed by atoms with Gasteiger partial charge in [0.25, 0.3) is 0 Å². The van der Waals surface area contributed by atoms with Crippen LogP contribution in [-0.2, 0) is 14.4 Å². The summed E-state index contributed by atoms with van der Waals surface area (Å²) in [7, 11) is 0. The molecule has 0 aromatic rings. The zero-order valence-electron chi connectivity index (χ0n) is 9.05. The highest BCUT2D eigenvalue weighted by Gasteiger charge is 2.22. The standard InChI is InChI=1S/C10H14N2O5/c1-2-3-7(10(16)17)12-9(15)6(11)4-5-8(13)14/h1,6-7H,3-5,11H2,(H,12,15)(H,13,14)(H,16,17). The molecule has 94 valence electrons. The maximum atomic E-state index is 11.4. The Bertz CT molecular complexity index is 347. The zero-order valence-corrected chi connectivity index (χ0v) is 9.05. The van der Waals surface area contributed by atoms with Crippen LogP contribution in [0.1, 0.15) is 19.3 Å². The van der Waals surface area contributed by atoms with Crippen molar-refractivity contribution in [2.75, 3.05) is 0 Å². The Balaban J connectivity index is 4.26. The first-order chi connectivity index (χ1) is 7.88. The second-order valence-corrected chi connectivity index (χ2v) is 3.35. The molecule has 2 atom stereocenters. The molecule has 0 saturated carbocycles. The van der Waals surface area contributed by atoms with Crippen LogP contribution in [0.4, 0.5) is 0 Å². The van der Waals surface area contributed by atoms with Crippen LogP contribution in [0, 0.1) is 12.3 Å². The Morgan fingerprint density at radius 2 is 1.94 bits per heavy atom. The molecule has 0 aliphatic carbocycles. The number of carboxylic acids is 2. The van der Waals surface area contributed by atoms with E-state index in [1.54, 1.807) is 0 Å². The molecule has 0 saturated heterocycles. The Labute approximate surface area is 98.0 Å². The average molecular weight is 242 g/mol. The number of rotatable bonds is 7. The molecule has 0 bridgehead atoms. The maximum Gasteiger partial charge on any atom is 0.327 e. The number of amides is 1. The van der Waals surface area contributed by atoms with Gasteiger partial charge in [-0.15, -0.1) is 12.3 Å². The summed E-state index contributed by atoms with van der Waals surface area (Å²) in [6.45, 7) is 0. The molecule has 0 aromatic heterocycles. The third kappa shape index (κ3) is 6.17. The molecule has 1 amide bonds. The molecule has 0 heterocycles. The minimum atomic E-state index is -1.26. The van der Waals surface area contributed by atoms with E-state index in [9.17, 15) is 14.4 Å². The third-order valence-electron chi connectivity index (χ3n) is 1.94. The predicted molar refractivity (Wildman–Crippen MR) is 57.9 cm³/mol. The van der Waals surface area contributed by atoms with E-state index in [1.807, 2.05) is 0 Å². The van der Waals surface area contributed by atoms with E-state index in [2.05, 4.69) is 11.2 Å². The number of carboxylic acid groups (broad SMARTS) is 2. The lowest BCUT2D eigenvalue weighted by molar-refractivity contribution is -0.142. The van der Waals surface area contributed by atoms with Crippen LogP contribution in [0.2, 0.25) is 0 Å². The van der Waals surface area contributed by atoms with Crippen molar-refractivity contribution in [1.82, 2.24) is 5.32 Å². The lowest BCUT2D eigenvalue weighted by Crippen LogP contribution is -2.48. The molecule has 0 aromatic carbocycles. The van der Waals surface area contributed by atoms with Gasteiger partial charge in [0.2, 0.25) is 5.91 Å². The summed E-state index contributed by atoms with van der Waals surface area (Å²) in [4.78, 5) is 32.3. The average Bonchev–Trinajstić information content (AvgIpc) is 2.24. The molecule has 0 radical (unpaired) electrons. The van der Waals surface area contributed by atoms with Gasteiger partial charge in [0.1, 0.15) is 6.04 Å². The molecule has 2 unspecified atom stereocenters. The second-order valence-electron chi connectivity index (χ2n) is 3.35. The van der Waals surface area contributed by atoms with E-state index < -0.39 is 29.9 Å². The summed E-state index contributed by atoms with van der Waals surface area (Å²) < 4.78 is 0. The smallest absolute Gasteiger partial charge is 0.327 e. The van der Waals surface area contributed by atoms with Crippen molar-refractivity contribution in [3.63, 3.8) is 0 Å². The molecule has 0 aliphatic heterocycles. The van der Waals surface area contributed by atoms with Crippen molar-refractivity contribution in [3.8, 4) is 12.3 Å². The molecular formula is C10H14N2O5. The highest BCUT2D eigenvalue weighted by molar-refractivity contribution is 5.87. The SMILES string of the molecule is C#CCC(NC(=O)C(N)CCC(=O)O)C(=O)O. The number of hydrogen-bond donors (Lipinski definition) is 4. The number of hydrogen-bond acceptors (Lipinski definition) is 4. The van der Waals surface area contributed by atoms with E-state index in [0.717, 1.165) is 0 Å². The van der Waals surface area contributed by atoms with Gasteiger partial charge in [0, 0.05) is 12.8 Å². The number of carbonyl (C=O) groups excluding carboxylic acids is 1. The van der Waals surface area contributed by atoms with Gasteiger partial charge >= 0.3 is 11.9 Å². The van der Waals surface area contributed by atoms with E-state index in [0.29, 0.717) is 0 Å². The molecule has 7 heteroatoms. The normalized spacial score (nSPS) is 13.2. The monoisotopic (exact) mass is 242 g/mol. The molecule has 17 heavy (non-hydrogen) atoms. The largest absolute Gasteiger partial charge is 0.481 e. The molecule has 0 rings (SSSR count). The van der Waals surface area contributed by atoms with Gasteiger partial charge < -0.3 is 21.3 Å².